The van der Waals surface area contributed by atoms with E-state index in [9.17, 15) is 9.90 Å². The topological polar surface area (TPSA) is 84.6 Å². The predicted octanol–water partition coefficient (Wildman–Crippen LogP) is 2.09. The third-order valence-electron chi connectivity index (χ3n) is 4.10. The third-order valence-corrected chi connectivity index (χ3v) is 4.10. The first-order valence-corrected chi connectivity index (χ1v) is 7.48. The molecule has 1 aromatic rings. The highest BCUT2D eigenvalue weighted by molar-refractivity contribution is 5.95. The van der Waals surface area contributed by atoms with Crippen LogP contribution in [0.3, 0.4) is 0 Å². The number of hydrogen-bond donors (Lipinski definition) is 3. The van der Waals surface area contributed by atoms with Crippen LogP contribution in [0.25, 0.3) is 0 Å². The van der Waals surface area contributed by atoms with Crippen LogP contribution >= 0.6 is 0 Å². The normalized spacial score (nSPS) is 17.8. The van der Waals surface area contributed by atoms with Crippen molar-refractivity contribution < 1.29 is 14.6 Å². The Hall–Kier alpha value is -1.75. The van der Waals surface area contributed by atoms with Gasteiger partial charge in [0.2, 0.25) is 0 Å². The summed E-state index contributed by atoms with van der Waals surface area (Å²) in [5.41, 5.74) is 5.93. The molecule has 1 aliphatic carbocycles. The van der Waals surface area contributed by atoms with Crippen LogP contribution in [0, 0.1) is 0 Å². The van der Waals surface area contributed by atoms with Gasteiger partial charge in [0, 0.05) is 12.1 Å². The van der Waals surface area contributed by atoms with E-state index in [1.54, 1.807) is 18.2 Å². The SMILES string of the molecule is COc1ccc(C(=O)NCC2(O)CCCCCC2)cc1N. The first kappa shape index (κ1) is 15.6. The second-order valence-corrected chi connectivity index (χ2v) is 5.78. The molecule has 1 fully saturated rings. The minimum absolute atomic E-state index is 0.220. The van der Waals surface area contributed by atoms with Crippen molar-refractivity contribution in [1.29, 1.82) is 0 Å². The Morgan fingerprint density at radius 3 is 2.57 bits per heavy atom. The highest BCUT2D eigenvalue weighted by Gasteiger charge is 2.28. The van der Waals surface area contributed by atoms with Crippen LogP contribution in [0.4, 0.5) is 5.69 Å². The van der Waals surface area contributed by atoms with Crippen LogP contribution in [-0.2, 0) is 0 Å². The standard InChI is InChI=1S/C16H24N2O3/c1-21-14-7-6-12(10-13(14)17)15(19)18-11-16(20)8-4-2-3-5-9-16/h6-7,10,20H,2-5,8-9,11,17H2,1H3,(H,18,19). The molecule has 0 saturated heterocycles. The minimum atomic E-state index is -0.774. The fraction of sp³-hybridized carbons (Fsp3) is 0.562. The Morgan fingerprint density at radius 2 is 2.00 bits per heavy atom. The average molecular weight is 292 g/mol. The molecule has 5 heteroatoms. The van der Waals surface area contributed by atoms with Crippen LogP contribution in [-0.4, -0.2) is 30.3 Å². The summed E-state index contributed by atoms with van der Waals surface area (Å²) in [5, 5.41) is 13.3. The van der Waals surface area contributed by atoms with Gasteiger partial charge >= 0.3 is 0 Å². The number of carbonyl (C=O) groups is 1. The van der Waals surface area contributed by atoms with Gasteiger partial charge in [-0.05, 0) is 31.0 Å². The van der Waals surface area contributed by atoms with Crippen LogP contribution in [0.15, 0.2) is 18.2 Å². The van der Waals surface area contributed by atoms with E-state index in [1.165, 1.54) is 7.11 Å². The fourth-order valence-electron chi connectivity index (χ4n) is 2.79. The lowest BCUT2D eigenvalue weighted by Gasteiger charge is -2.26. The van der Waals surface area contributed by atoms with E-state index in [-0.39, 0.29) is 12.5 Å². The van der Waals surface area contributed by atoms with Gasteiger partial charge in [0.1, 0.15) is 5.75 Å². The number of anilines is 1. The number of carbonyl (C=O) groups excluding carboxylic acids is 1. The van der Waals surface area contributed by atoms with Crippen LogP contribution in [0.5, 0.6) is 5.75 Å². The molecule has 1 saturated carbocycles. The zero-order valence-corrected chi connectivity index (χ0v) is 12.5. The van der Waals surface area contributed by atoms with E-state index >= 15 is 0 Å². The quantitative estimate of drug-likeness (QED) is 0.586. The molecule has 0 spiro atoms. The Morgan fingerprint density at radius 1 is 1.33 bits per heavy atom. The zero-order chi connectivity index (χ0) is 15.3. The molecule has 0 atom stereocenters. The molecule has 0 radical (unpaired) electrons. The highest BCUT2D eigenvalue weighted by atomic mass is 16.5. The number of ether oxygens (including phenoxy) is 1. The largest absolute Gasteiger partial charge is 0.495 e. The summed E-state index contributed by atoms with van der Waals surface area (Å²) in [6.45, 7) is 0.289. The first-order valence-electron chi connectivity index (χ1n) is 7.48. The molecule has 21 heavy (non-hydrogen) atoms. The molecular formula is C16H24N2O3. The summed E-state index contributed by atoms with van der Waals surface area (Å²) in [5.74, 6) is 0.330. The molecule has 4 N–H and O–H groups in total. The second kappa shape index (κ2) is 6.80. The summed E-state index contributed by atoms with van der Waals surface area (Å²) >= 11 is 0. The third kappa shape index (κ3) is 4.11. The van der Waals surface area contributed by atoms with Gasteiger partial charge < -0.3 is 20.9 Å². The molecule has 1 amide bonds. The van der Waals surface area contributed by atoms with E-state index in [2.05, 4.69) is 5.32 Å². The molecule has 116 valence electrons. The Kier molecular flexibility index (Phi) is 5.07. The number of rotatable bonds is 4. The number of amides is 1. The molecule has 0 aromatic heterocycles. The number of nitrogens with one attached hydrogen (secondary N) is 1. The molecule has 1 aliphatic rings. The molecule has 5 nitrogen and oxygen atoms in total. The number of benzene rings is 1. The lowest BCUT2D eigenvalue weighted by Crippen LogP contribution is -2.42. The Balaban J connectivity index is 1.96. The summed E-state index contributed by atoms with van der Waals surface area (Å²) in [4.78, 5) is 12.1. The van der Waals surface area contributed by atoms with E-state index in [4.69, 9.17) is 10.5 Å². The van der Waals surface area contributed by atoms with Crippen molar-refractivity contribution in [2.45, 2.75) is 44.1 Å². The van der Waals surface area contributed by atoms with Gasteiger partial charge in [-0.3, -0.25) is 4.79 Å². The van der Waals surface area contributed by atoms with E-state index in [1.807, 2.05) is 0 Å². The van der Waals surface area contributed by atoms with Crippen LogP contribution in [0.1, 0.15) is 48.9 Å². The zero-order valence-electron chi connectivity index (χ0n) is 12.5. The Bertz CT molecular complexity index is 494. The molecule has 0 bridgehead atoms. The van der Waals surface area contributed by atoms with Crippen LogP contribution < -0.4 is 15.8 Å². The summed E-state index contributed by atoms with van der Waals surface area (Å²) < 4.78 is 5.07. The van der Waals surface area contributed by atoms with Crippen molar-refractivity contribution in [3.63, 3.8) is 0 Å². The number of nitrogens with two attached hydrogens (primary N) is 1. The van der Waals surface area contributed by atoms with Gasteiger partial charge in [0.15, 0.2) is 0 Å². The molecule has 1 aromatic carbocycles. The predicted molar refractivity (Wildman–Crippen MR) is 82.4 cm³/mol. The molecule has 0 heterocycles. The lowest BCUT2D eigenvalue weighted by molar-refractivity contribution is 0.0246. The second-order valence-electron chi connectivity index (χ2n) is 5.78. The van der Waals surface area contributed by atoms with Crippen molar-refractivity contribution in [2.75, 3.05) is 19.4 Å². The van der Waals surface area contributed by atoms with E-state index in [0.29, 0.717) is 17.0 Å². The Labute approximate surface area is 125 Å². The summed E-state index contributed by atoms with van der Waals surface area (Å²) in [6, 6.07) is 4.93. The number of hydrogen-bond acceptors (Lipinski definition) is 4. The molecule has 0 aliphatic heterocycles. The van der Waals surface area contributed by atoms with Crippen molar-refractivity contribution in [1.82, 2.24) is 5.32 Å². The van der Waals surface area contributed by atoms with Gasteiger partial charge in [-0.15, -0.1) is 0 Å². The number of aliphatic hydroxyl groups is 1. The van der Waals surface area contributed by atoms with Crippen molar-refractivity contribution in [3.05, 3.63) is 23.8 Å². The maximum Gasteiger partial charge on any atom is 0.251 e. The number of nitrogen functional groups attached to an aromatic ring is 1. The average Bonchev–Trinajstić information content (AvgIpc) is 2.70. The van der Waals surface area contributed by atoms with Crippen molar-refractivity contribution >= 4 is 11.6 Å². The monoisotopic (exact) mass is 292 g/mol. The summed E-state index contributed by atoms with van der Waals surface area (Å²) in [7, 11) is 1.53. The summed E-state index contributed by atoms with van der Waals surface area (Å²) in [6.07, 6.45) is 5.84. The maximum atomic E-state index is 12.1. The lowest BCUT2D eigenvalue weighted by atomic mass is 9.94. The molecule has 2 rings (SSSR count). The maximum absolute atomic E-state index is 12.1. The van der Waals surface area contributed by atoms with Gasteiger partial charge in [-0.1, -0.05) is 25.7 Å². The fourth-order valence-corrected chi connectivity index (χ4v) is 2.79. The number of methoxy groups -OCH3 is 1. The minimum Gasteiger partial charge on any atom is -0.495 e. The molecule has 0 unspecified atom stereocenters. The smallest absolute Gasteiger partial charge is 0.251 e. The highest BCUT2D eigenvalue weighted by Crippen LogP contribution is 2.26. The van der Waals surface area contributed by atoms with Gasteiger partial charge in [-0.25, -0.2) is 0 Å². The van der Waals surface area contributed by atoms with Crippen molar-refractivity contribution in [2.24, 2.45) is 0 Å². The first-order chi connectivity index (χ1) is 10.0. The van der Waals surface area contributed by atoms with Crippen molar-refractivity contribution in [3.8, 4) is 5.75 Å². The van der Waals surface area contributed by atoms with Gasteiger partial charge in [0.05, 0.1) is 18.4 Å². The van der Waals surface area contributed by atoms with Crippen LogP contribution in [0.2, 0.25) is 0 Å². The molecular weight excluding hydrogens is 268 g/mol. The van der Waals surface area contributed by atoms with Gasteiger partial charge in [0.25, 0.3) is 5.91 Å². The van der Waals surface area contributed by atoms with Gasteiger partial charge in [-0.2, -0.15) is 0 Å². The van der Waals surface area contributed by atoms with E-state index in [0.717, 1.165) is 38.5 Å². The van der Waals surface area contributed by atoms with E-state index < -0.39 is 5.60 Å².